The third-order valence-electron chi connectivity index (χ3n) is 7.96. The molecule has 0 bridgehead atoms. The van der Waals surface area contributed by atoms with E-state index in [1.807, 2.05) is 0 Å². The summed E-state index contributed by atoms with van der Waals surface area (Å²) in [6, 6.07) is -3.53. The van der Waals surface area contributed by atoms with Crippen LogP contribution in [0.15, 0.2) is 12.7 Å². The predicted octanol–water partition coefficient (Wildman–Crippen LogP) is 2.17. The molecule has 0 aromatic rings. The Kier molecular flexibility index (Phi) is 9.40. The number of amides is 5. The standard InChI is InChI=1S/C26H39Cl2N5O5/c1-5-10-16(20(34)21(29)35)30-22(36)19-17-15(26(17,27)28)13-33(19)23(37)18(14-11-8-7-9-12-14)31-24(38)32-25(3,4)6-2/h6,14-19H,2,5,7-13H2,1,3-4H3,(H2,29,35)(H,30,36)(H2,31,32,38)/t15-,16?,17-,18-,19-/m0/s1. The van der Waals surface area contributed by atoms with Crippen LogP contribution in [0, 0.1) is 17.8 Å². The number of carbonyl (C=O) groups excluding carboxylic acids is 5. The monoisotopic (exact) mass is 571 g/mol. The van der Waals surface area contributed by atoms with Crippen molar-refractivity contribution in [3.63, 3.8) is 0 Å². The number of alkyl halides is 2. The van der Waals surface area contributed by atoms with Gasteiger partial charge in [0, 0.05) is 18.4 Å². The summed E-state index contributed by atoms with van der Waals surface area (Å²) >= 11 is 12.9. The van der Waals surface area contributed by atoms with Crippen molar-refractivity contribution in [2.75, 3.05) is 6.54 Å². The molecule has 212 valence electrons. The molecule has 3 rings (SSSR count). The fourth-order valence-electron chi connectivity index (χ4n) is 5.67. The highest BCUT2D eigenvalue weighted by Gasteiger charge is 2.74. The zero-order valence-electron chi connectivity index (χ0n) is 22.2. The number of primary amides is 1. The summed E-state index contributed by atoms with van der Waals surface area (Å²) < 4.78 is -1.19. The van der Waals surface area contributed by atoms with Crippen molar-refractivity contribution in [1.82, 2.24) is 20.9 Å². The lowest BCUT2D eigenvalue weighted by Gasteiger charge is -2.37. The van der Waals surface area contributed by atoms with Crippen LogP contribution in [0.5, 0.6) is 0 Å². The van der Waals surface area contributed by atoms with Crippen molar-refractivity contribution in [3.05, 3.63) is 12.7 Å². The van der Waals surface area contributed by atoms with E-state index in [1.54, 1.807) is 26.8 Å². The molecule has 5 atom stereocenters. The number of rotatable bonds is 11. The van der Waals surface area contributed by atoms with Gasteiger partial charge in [-0.1, -0.05) is 38.7 Å². The third kappa shape index (κ3) is 6.45. The summed E-state index contributed by atoms with van der Waals surface area (Å²) in [5.41, 5.74) is 4.48. The first-order chi connectivity index (χ1) is 17.7. The highest BCUT2D eigenvalue weighted by atomic mass is 35.5. The van der Waals surface area contributed by atoms with Crippen LogP contribution in [-0.4, -0.2) is 69.0 Å². The van der Waals surface area contributed by atoms with Gasteiger partial charge in [-0.2, -0.15) is 0 Å². The molecule has 0 radical (unpaired) electrons. The van der Waals surface area contributed by atoms with Crippen molar-refractivity contribution >= 4 is 52.7 Å². The average Bonchev–Trinajstić information content (AvgIpc) is 3.18. The summed E-state index contributed by atoms with van der Waals surface area (Å²) in [4.78, 5) is 65.7. The van der Waals surface area contributed by atoms with Gasteiger partial charge >= 0.3 is 6.03 Å². The summed E-state index contributed by atoms with van der Waals surface area (Å²) in [6.45, 7) is 9.24. The quantitative estimate of drug-likeness (QED) is 0.170. The van der Waals surface area contributed by atoms with E-state index in [0.29, 0.717) is 6.42 Å². The van der Waals surface area contributed by atoms with Crippen LogP contribution in [0.25, 0.3) is 0 Å². The maximum Gasteiger partial charge on any atom is 0.316 e. The van der Waals surface area contributed by atoms with Crippen LogP contribution in [0.2, 0.25) is 0 Å². The summed E-state index contributed by atoms with van der Waals surface area (Å²) in [5, 5.41) is 8.27. The fourth-order valence-corrected chi connectivity index (χ4v) is 6.49. The summed E-state index contributed by atoms with van der Waals surface area (Å²) in [5.74, 6) is -4.05. The Labute approximate surface area is 233 Å². The molecule has 0 aromatic heterocycles. The van der Waals surface area contributed by atoms with E-state index in [2.05, 4.69) is 22.5 Å². The second-order valence-electron chi connectivity index (χ2n) is 11.2. The molecular weight excluding hydrogens is 533 g/mol. The van der Waals surface area contributed by atoms with Crippen molar-refractivity contribution in [3.8, 4) is 0 Å². The van der Waals surface area contributed by atoms with Gasteiger partial charge in [0.15, 0.2) is 0 Å². The number of urea groups is 1. The van der Waals surface area contributed by atoms with Gasteiger partial charge in [-0.05, 0) is 39.0 Å². The van der Waals surface area contributed by atoms with Crippen LogP contribution < -0.4 is 21.7 Å². The number of hydrogen-bond donors (Lipinski definition) is 4. The van der Waals surface area contributed by atoms with E-state index < -0.39 is 63.5 Å². The van der Waals surface area contributed by atoms with Gasteiger partial charge in [0.2, 0.25) is 17.6 Å². The Bertz CT molecular complexity index is 981. The molecule has 3 fully saturated rings. The Hall–Kier alpha value is -2.33. The van der Waals surface area contributed by atoms with Gasteiger partial charge in [-0.15, -0.1) is 29.8 Å². The molecule has 1 unspecified atom stereocenters. The molecule has 5 amide bonds. The highest BCUT2D eigenvalue weighted by Crippen LogP contribution is 2.65. The number of halogens is 2. The van der Waals surface area contributed by atoms with Crippen molar-refractivity contribution in [1.29, 1.82) is 0 Å². The molecule has 2 saturated carbocycles. The fraction of sp³-hybridized carbons (Fsp3) is 0.731. The first-order valence-electron chi connectivity index (χ1n) is 13.3. The number of nitrogens with two attached hydrogens (primary N) is 1. The third-order valence-corrected chi connectivity index (χ3v) is 9.02. The summed E-state index contributed by atoms with van der Waals surface area (Å²) in [6.07, 6.45) is 6.78. The molecule has 38 heavy (non-hydrogen) atoms. The van der Waals surface area contributed by atoms with Gasteiger partial charge in [0.25, 0.3) is 5.91 Å². The average molecular weight is 573 g/mol. The topological polar surface area (TPSA) is 151 Å². The number of nitrogens with one attached hydrogen (secondary N) is 3. The lowest BCUT2D eigenvalue weighted by atomic mass is 9.83. The van der Waals surface area contributed by atoms with E-state index in [9.17, 15) is 24.0 Å². The highest BCUT2D eigenvalue weighted by molar-refractivity contribution is 6.51. The Morgan fingerprint density at radius 2 is 1.76 bits per heavy atom. The lowest BCUT2D eigenvalue weighted by molar-refractivity contribution is -0.144. The van der Waals surface area contributed by atoms with E-state index in [1.165, 1.54) is 4.90 Å². The zero-order valence-corrected chi connectivity index (χ0v) is 23.7. The maximum absolute atomic E-state index is 14.0. The van der Waals surface area contributed by atoms with Gasteiger partial charge in [0.1, 0.15) is 16.4 Å². The predicted molar refractivity (Wildman–Crippen MR) is 144 cm³/mol. The molecular formula is C26H39Cl2N5O5. The molecule has 0 aromatic carbocycles. The van der Waals surface area contributed by atoms with Crippen LogP contribution >= 0.6 is 23.2 Å². The van der Waals surface area contributed by atoms with Gasteiger partial charge in [-0.25, -0.2) is 4.79 Å². The molecule has 10 nitrogen and oxygen atoms in total. The minimum absolute atomic E-state index is 0.101. The van der Waals surface area contributed by atoms with Crippen molar-refractivity contribution < 1.29 is 24.0 Å². The molecule has 3 aliphatic rings. The smallest absolute Gasteiger partial charge is 0.316 e. The number of likely N-dealkylation sites (tertiary alicyclic amines) is 1. The Morgan fingerprint density at radius 1 is 1.13 bits per heavy atom. The molecule has 5 N–H and O–H groups in total. The van der Waals surface area contributed by atoms with E-state index >= 15 is 0 Å². The van der Waals surface area contributed by atoms with Crippen molar-refractivity contribution in [2.45, 2.75) is 93.7 Å². The normalized spacial score (nSPS) is 25.9. The number of ketones is 1. The number of hydrogen-bond acceptors (Lipinski definition) is 5. The van der Waals surface area contributed by atoms with Crippen molar-refractivity contribution in [2.24, 2.45) is 23.5 Å². The van der Waals surface area contributed by atoms with Crippen LogP contribution in [0.4, 0.5) is 4.79 Å². The molecule has 1 heterocycles. The number of carbonyl (C=O) groups is 5. The number of Topliss-reactive ketones (excluding diaryl/α,β-unsaturated/α-hetero) is 1. The Morgan fingerprint density at radius 3 is 2.32 bits per heavy atom. The first kappa shape index (κ1) is 30.2. The van der Waals surface area contributed by atoms with E-state index in [0.717, 1.165) is 32.1 Å². The molecule has 1 saturated heterocycles. The van der Waals surface area contributed by atoms with E-state index in [-0.39, 0.29) is 24.8 Å². The molecule has 1 aliphatic heterocycles. The van der Waals surface area contributed by atoms with Gasteiger partial charge in [0.05, 0.1) is 11.6 Å². The molecule has 12 heteroatoms. The minimum Gasteiger partial charge on any atom is -0.363 e. The van der Waals surface area contributed by atoms with Gasteiger partial charge < -0.3 is 26.6 Å². The Balaban J connectivity index is 1.86. The van der Waals surface area contributed by atoms with Crippen LogP contribution in [-0.2, 0) is 19.2 Å². The maximum atomic E-state index is 14.0. The zero-order chi connectivity index (χ0) is 28.4. The lowest BCUT2D eigenvalue weighted by Crippen LogP contribution is -2.61. The molecule has 2 aliphatic carbocycles. The number of nitrogens with zero attached hydrogens (tertiary/aromatic N) is 1. The molecule has 0 spiro atoms. The second-order valence-corrected chi connectivity index (χ2v) is 12.7. The van der Waals surface area contributed by atoms with Gasteiger partial charge in [-0.3, -0.25) is 19.2 Å². The largest absolute Gasteiger partial charge is 0.363 e. The summed E-state index contributed by atoms with van der Waals surface area (Å²) in [7, 11) is 0. The SMILES string of the molecule is C=CC(C)(C)NC(=O)N[C@H](C(=O)N1C[C@H]2[C@@H]([C@H]1C(=O)NC(CCC)C(=O)C(N)=O)C2(Cl)Cl)C1CCCCC1. The minimum atomic E-state index is -1.19. The second kappa shape index (κ2) is 11.8. The number of piperidine rings is 1. The van der Waals surface area contributed by atoms with Crippen LogP contribution in [0.1, 0.15) is 65.7 Å². The first-order valence-corrected chi connectivity index (χ1v) is 14.0. The van der Waals surface area contributed by atoms with E-state index in [4.69, 9.17) is 28.9 Å². The number of fused-ring (bicyclic) bond motifs is 1. The van der Waals surface area contributed by atoms with Crippen LogP contribution in [0.3, 0.4) is 0 Å².